The van der Waals surface area contributed by atoms with E-state index in [1.165, 1.54) is 0 Å². The number of aromatic nitrogens is 2. The Morgan fingerprint density at radius 2 is 1.66 bits per heavy atom. The lowest BCUT2D eigenvalue weighted by Gasteiger charge is -2.07. The Kier molecular flexibility index (Phi) is 6.09. The van der Waals surface area contributed by atoms with Crippen molar-refractivity contribution < 1.29 is 9.53 Å². The Hall–Kier alpha value is -3.86. The number of hydrogen-bond acceptors (Lipinski definition) is 3. The molecule has 0 saturated carbocycles. The number of nitrogens with zero attached hydrogens (tertiary/aromatic N) is 1. The van der Waals surface area contributed by atoms with E-state index < -0.39 is 0 Å². The van der Waals surface area contributed by atoms with Crippen molar-refractivity contribution in [3.8, 4) is 28.4 Å². The number of aromatic amines is 1. The number of carbonyl (C=O) groups excluding carboxylic acids is 1. The number of hydrogen-bond donors (Lipinski definition) is 2. The van der Waals surface area contributed by atoms with E-state index in [-0.39, 0.29) is 13.3 Å². The summed E-state index contributed by atoms with van der Waals surface area (Å²) in [6, 6.07) is 24.6. The normalized spacial score (nSPS) is 10.1. The van der Waals surface area contributed by atoms with Gasteiger partial charge in [-0.25, -0.2) is 4.98 Å². The van der Waals surface area contributed by atoms with Crippen LogP contribution in [0.25, 0.3) is 22.6 Å². The summed E-state index contributed by atoms with van der Waals surface area (Å²) in [6.07, 6.45) is 1.80. The van der Waals surface area contributed by atoms with Crippen LogP contribution in [0.1, 0.15) is 17.8 Å². The standard InChI is InChI=1S/C23H19N3O2.CH4/c1-28-20-12-10-17(11-13-20)23(27)25-19-9-5-8-18(14-19)21-15-24-22(26-21)16-6-3-2-4-7-16;/h2-15H,1H3,(H,24,26)(H,25,27);1H4. The van der Waals surface area contributed by atoms with Gasteiger partial charge in [0.15, 0.2) is 0 Å². The molecule has 0 fully saturated rings. The molecule has 5 nitrogen and oxygen atoms in total. The Morgan fingerprint density at radius 3 is 2.38 bits per heavy atom. The molecule has 0 aliphatic carbocycles. The third kappa shape index (κ3) is 4.52. The number of rotatable bonds is 5. The second-order valence-electron chi connectivity index (χ2n) is 6.27. The van der Waals surface area contributed by atoms with Crippen molar-refractivity contribution in [1.82, 2.24) is 9.97 Å². The van der Waals surface area contributed by atoms with E-state index in [4.69, 9.17) is 4.74 Å². The van der Waals surface area contributed by atoms with Crippen LogP contribution in [0.4, 0.5) is 5.69 Å². The van der Waals surface area contributed by atoms with Crippen molar-refractivity contribution in [2.75, 3.05) is 12.4 Å². The molecule has 0 atom stereocenters. The van der Waals surface area contributed by atoms with Crippen molar-refractivity contribution >= 4 is 11.6 Å². The Labute approximate surface area is 170 Å². The lowest BCUT2D eigenvalue weighted by Crippen LogP contribution is -2.11. The van der Waals surface area contributed by atoms with E-state index in [1.54, 1.807) is 37.6 Å². The van der Waals surface area contributed by atoms with Gasteiger partial charge in [0, 0.05) is 22.4 Å². The second kappa shape index (κ2) is 8.89. The van der Waals surface area contributed by atoms with Gasteiger partial charge in [-0.15, -0.1) is 0 Å². The summed E-state index contributed by atoms with van der Waals surface area (Å²) in [4.78, 5) is 20.3. The summed E-state index contributed by atoms with van der Waals surface area (Å²) in [6.45, 7) is 0. The lowest BCUT2D eigenvalue weighted by atomic mass is 10.1. The molecule has 1 aromatic heterocycles. The fraction of sp³-hybridized carbons (Fsp3) is 0.0833. The molecule has 3 aromatic carbocycles. The Balaban J connectivity index is 0.00000240. The largest absolute Gasteiger partial charge is 0.497 e. The summed E-state index contributed by atoms with van der Waals surface area (Å²) < 4.78 is 5.12. The van der Waals surface area contributed by atoms with Gasteiger partial charge in [-0.05, 0) is 36.4 Å². The minimum absolute atomic E-state index is 0. The molecule has 146 valence electrons. The van der Waals surface area contributed by atoms with Crippen molar-refractivity contribution in [3.63, 3.8) is 0 Å². The monoisotopic (exact) mass is 385 g/mol. The van der Waals surface area contributed by atoms with E-state index >= 15 is 0 Å². The van der Waals surface area contributed by atoms with E-state index in [2.05, 4.69) is 15.3 Å². The van der Waals surface area contributed by atoms with Crippen LogP contribution < -0.4 is 10.1 Å². The molecule has 0 spiro atoms. The molecule has 0 unspecified atom stereocenters. The number of anilines is 1. The maximum atomic E-state index is 12.5. The molecule has 4 rings (SSSR count). The van der Waals surface area contributed by atoms with Crippen LogP contribution in [0.15, 0.2) is 85.1 Å². The third-order valence-corrected chi connectivity index (χ3v) is 4.41. The average Bonchev–Trinajstić information content (AvgIpc) is 3.25. The minimum Gasteiger partial charge on any atom is -0.497 e. The molecular weight excluding hydrogens is 362 g/mol. The molecule has 0 aliphatic rings. The Bertz CT molecular complexity index is 1090. The summed E-state index contributed by atoms with van der Waals surface area (Å²) in [5, 5.41) is 2.93. The second-order valence-corrected chi connectivity index (χ2v) is 6.27. The predicted octanol–water partition coefficient (Wildman–Crippen LogP) is 5.64. The zero-order chi connectivity index (χ0) is 19.3. The maximum absolute atomic E-state index is 12.5. The fourth-order valence-electron chi connectivity index (χ4n) is 2.92. The van der Waals surface area contributed by atoms with E-state index in [9.17, 15) is 4.79 Å². The first kappa shape index (κ1) is 19.9. The number of imidazole rings is 1. The van der Waals surface area contributed by atoms with Crippen LogP contribution >= 0.6 is 0 Å². The molecule has 2 N–H and O–H groups in total. The number of methoxy groups -OCH3 is 1. The van der Waals surface area contributed by atoms with Gasteiger partial charge in [-0.3, -0.25) is 4.79 Å². The van der Waals surface area contributed by atoms with Crippen LogP contribution in [-0.2, 0) is 0 Å². The predicted molar refractivity (Wildman–Crippen MR) is 117 cm³/mol. The first-order valence-corrected chi connectivity index (χ1v) is 8.89. The molecule has 4 aromatic rings. The van der Waals surface area contributed by atoms with E-state index in [1.807, 2.05) is 54.6 Å². The highest BCUT2D eigenvalue weighted by Gasteiger charge is 2.09. The number of benzene rings is 3. The van der Waals surface area contributed by atoms with Crippen molar-refractivity contribution in [2.24, 2.45) is 0 Å². The molecular formula is C24H23N3O2. The topological polar surface area (TPSA) is 67.0 Å². The number of ether oxygens (including phenoxy) is 1. The number of nitrogens with one attached hydrogen (secondary N) is 2. The number of H-pyrrole nitrogens is 1. The molecule has 0 bridgehead atoms. The molecule has 0 aliphatic heterocycles. The first-order valence-electron chi connectivity index (χ1n) is 8.89. The molecule has 5 heteroatoms. The van der Waals surface area contributed by atoms with Gasteiger partial charge in [0.1, 0.15) is 11.6 Å². The van der Waals surface area contributed by atoms with Crippen LogP contribution in [0, 0.1) is 0 Å². The minimum atomic E-state index is -0.172. The van der Waals surface area contributed by atoms with E-state index in [0.717, 1.165) is 22.6 Å². The van der Waals surface area contributed by atoms with Crippen molar-refractivity contribution in [2.45, 2.75) is 7.43 Å². The molecule has 1 amide bonds. The van der Waals surface area contributed by atoms with Crippen LogP contribution in [0.3, 0.4) is 0 Å². The van der Waals surface area contributed by atoms with Crippen molar-refractivity contribution in [1.29, 1.82) is 0 Å². The summed E-state index contributed by atoms with van der Waals surface area (Å²) in [7, 11) is 1.60. The Morgan fingerprint density at radius 1 is 0.931 bits per heavy atom. The average molecular weight is 385 g/mol. The maximum Gasteiger partial charge on any atom is 0.255 e. The summed E-state index contributed by atoms with van der Waals surface area (Å²) >= 11 is 0. The zero-order valence-electron chi connectivity index (χ0n) is 15.3. The molecule has 29 heavy (non-hydrogen) atoms. The quantitative estimate of drug-likeness (QED) is 0.467. The zero-order valence-corrected chi connectivity index (χ0v) is 15.3. The van der Waals surface area contributed by atoms with Gasteiger partial charge >= 0.3 is 0 Å². The van der Waals surface area contributed by atoms with Crippen LogP contribution in [-0.4, -0.2) is 23.0 Å². The fourth-order valence-corrected chi connectivity index (χ4v) is 2.92. The smallest absolute Gasteiger partial charge is 0.255 e. The number of carbonyl (C=O) groups is 1. The van der Waals surface area contributed by atoms with Crippen molar-refractivity contribution in [3.05, 3.63) is 90.6 Å². The lowest BCUT2D eigenvalue weighted by molar-refractivity contribution is 0.102. The van der Waals surface area contributed by atoms with E-state index in [0.29, 0.717) is 17.0 Å². The van der Waals surface area contributed by atoms with Gasteiger partial charge < -0.3 is 15.0 Å². The third-order valence-electron chi connectivity index (χ3n) is 4.41. The van der Waals surface area contributed by atoms with Crippen LogP contribution in [0.5, 0.6) is 5.75 Å². The molecule has 0 saturated heterocycles. The molecule has 1 heterocycles. The van der Waals surface area contributed by atoms with Gasteiger partial charge in [-0.1, -0.05) is 49.9 Å². The van der Waals surface area contributed by atoms with Gasteiger partial charge in [0.2, 0.25) is 0 Å². The molecule has 0 radical (unpaired) electrons. The van der Waals surface area contributed by atoms with Crippen LogP contribution in [0.2, 0.25) is 0 Å². The first-order chi connectivity index (χ1) is 13.7. The summed E-state index contributed by atoms with van der Waals surface area (Å²) in [5.41, 5.74) is 4.15. The highest BCUT2D eigenvalue weighted by Crippen LogP contribution is 2.24. The summed E-state index contributed by atoms with van der Waals surface area (Å²) in [5.74, 6) is 1.35. The van der Waals surface area contributed by atoms with Gasteiger partial charge in [0.25, 0.3) is 5.91 Å². The SMILES string of the molecule is C.COc1ccc(C(=O)Nc2cccc(-c3cnc(-c4ccccc4)[nH]3)c2)cc1. The number of amides is 1. The van der Waals surface area contributed by atoms with Gasteiger partial charge in [0.05, 0.1) is 19.0 Å². The highest BCUT2D eigenvalue weighted by atomic mass is 16.5. The van der Waals surface area contributed by atoms with Gasteiger partial charge in [-0.2, -0.15) is 0 Å². The highest BCUT2D eigenvalue weighted by molar-refractivity contribution is 6.04.